The Morgan fingerprint density at radius 1 is 1.53 bits per heavy atom. The third-order valence-corrected chi connectivity index (χ3v) is 4.63. The van der Waals surface area contributed by atoms with E-state index < -0.39 is 0 Å². The Balaban J connectivity index is 1.96. The molecule has 0 aliphatic carbocycles. The van der Waals surface area contributed by atoms with E-state index in [0.717, 1.165) is 25.9 Å². The summed E-state index contributed by atoms with van der Waals surface area (Å²) in [4.78, 5) is 13.5. The quantitative estimate of drug-likeness (QED) is 0.867. The first-order valence-corrected chi connectivity index (χ1v) is 7.05. The van der Waals surface area contributed by atoms with E-state index in [2.05, 4.69) is 23.6 Å². The molecule has 1 unspecified atom stereocenters. The smallest absolute Gasteiger partial charge is 0.226 e. The third kappa shape index (κ3) is 2.87. The van der Waals surface area contributed by atoms with Crippen molar-refractivity contribution in [1.82, 2.24) is 10.6 Å². The summed E-state index contributed by atoms with van der Waals surface area (Å²) >= 11 is 1.69. The summed E-state index contributed by atoms with van der Waals surface area (Å²) in [5, 5.41) is 8.48. The molecule has 0 bridgehead atoms. The molecule has 94 valence electrons. The predicted octanol–water partition coefficient (Wildman–Crippen LogP) is 2.32. The van der Waals surface area contributed by atoms with Crippen LogP contribution in [-0.4, -0.2) is 19.0 Å². The van der Waals surface area contributed by atoms with E-state index in [0.29, 0.717) is 0 Å². The van der Waals surface area contributed by atoms with Crippen LogP contribution < -0.4 is 10.6 Å². The number of carbonyl (C=O) groups is 1. The molecule has 1 aromatic heterocycles. The highest BCUT2D eigenvalue weighted by Gasteiger charge is 2.35. The lowest BCUT2D eigenvalue weighted by Crippen LogP contribution is -2.46. The van der Waals surface area contributed by atoms with Gasteiger partial charge in [-0.05, 0) is 44.3 Å². The van der Waals surface area contributed by atoms with Crippen molar-refractivity contribution in [3.8, 4) is 0 Å². The number of carbonyl (C=O) groups excluding carboxylic acids is 1. The number of amides is 1. The number of thiophene rings is 1. The molecule has 0 spiro atoms. The maximum Gasteiger partial charge on any atom is 0.226 e. The molecular formula is C13H20N2OS. The monoisotopic (exact) mass is 252 g/mol. The molecule has 2 N–H and O–H groups in total. The van der Waals surface area contributed by atoms with E-state index in [9.17, 15) is 4.79 Å². The summed E-state index contributed by atoms with van der Waals surface area (Å²) in [5.41, 5.74) is -0.198. The summed E-state index contributed by atoms with van der Waals surface area (Å²) in [6.45, 7) is 6.01. The Hall–Kier alpha value is -0.870. The molecule has 17 heavy (non-hydrogen) atoms. The minimum Gasteiger partial charge on any atom is -0.348 e. The van der Waals surface area contributed by atoms with Crippen molar-refractivity contribution >= 4 is 17.2 Å². The van der Waals surface area contributed by atoms with Gasteiger partial charge in [0.2, 0.25) is 5.91 Å². The fourth-order valence-electron chi connectivity index (χ4n) is 2.19. The number of rotatable bonds is 3. The SMILES string of the molecule is CC(NC(=O)C1(C)CCNCC1)c1cccs1. The van der Waals surface area contributed by atoms with Crippen LogP contribution in [0.3, 0.4) is 0 Å². The van der Waals surface area contributed by atoms with Crippen molar-refractivity contribution in [2.24, 2.45) is 5.41 Å². The Morgan fingerprint density at radius 3 is 2.82 bits per heavy atom. The van der Waals surface area contributed by atoms with Crippen molar-refractivity contribution in [3.63, 3.8) is 0 Å². The highest BCUT2D eigenvalue weighted by atomic mass is 32.1. The Bertz CT molecular complexity index is 369. The second kappa shape index (κ2) is 5.19. The molecule has 1 atom stereocenters. The molecule has 4 heteroatoms. The highest BCUT2D eigenvalue weighted by Crippen LogP contribution is 2.29. The normalized spacial score (nSPS) is 20.8. The van der Waals surface area contributed by atoms with Crippen LogP contribution in [0.5, 0.6) is 0 Å². The first-order valence-electron chi connectivity index (χ1n) is 6.17. The summed E-state index contributed by atoms with van der Waals surface area (Å²) in [7, 11) is 0. The van der Waals surface area contributed by atoms with E-state index >= 15 is 0 Å². The first kappa shape index (κ1) is 12.6. The fraction of sp³-hybridized carbons (Fsp3) is 0.615. The molecular weight excluding hydrogens is 232 g/mol. The molecule has 3 nitrogen and oxygen atoms in total. The highest BCUT2D eigenvalue weighted by molar-refractivity contribution is 7.10. The molecule has 2 rings (SSSR count). The molecule has 1 aromatic rings. The minimum absolute atomic E-state index is 0.120. The lowest BCUT2D eigenvalue weighted by molar-refractivity contribution is -0.132. The average Bonchev–Trinajstić information content (AvgIpc) is 2.83. The zero-order chi connectivity index (χ0) is 12.3. The van der Waals surface area contributed by atoms with Crippen LogP contribution in [0, 0.1) is 5.41 Å². The first-order chi connectivity index (χ1) is 8.12. The fourth-order valence-corrected chi connectivity index (χ4v) is 2.92. The van der Waals surface area contributed by atoms with Gasteiger partial charge in [0.1, 0.15) is 0 Å². The van der Waals surface area contributed by atoms with Gasteiger partial charge in [-0.2, -0.15) is 0 Å². The Morgan fingerprint density at radius 2 is 2.24 bits per heavy atom. The minimum atomic E-state index is -0.198. The molecule has 1 aliphatic rings. The standard InChI is InChI=1S/C13H20N2OS/c1-10(11-4-3-9-17-11)15-12(16)13(2)5-7-14-8-6-13/h3-4,9-10,14H,5-8H2,1-2H3,(H,15,16). The van der Waals surface area contributed by atoms with Crippen LogP contribution in [0.1, 0.15) is 37.6 Å². The number of nitrogens with one attached hydrogen (secondary N) is 2. The number of hydrogen-bond acceptors (Lipinski definition) is 3. The van der Waals surface area contributed by atoms with Crippen LogP contribution in [0.15, 0.2) is 17.5 Å². The van der Waals surface area contributed by atoms with Crippen LogP contribution >= 0.6 is 11.3 Å². The lowest BCUT2D eigenvalue weighted by Gasteiger charge is -2.33. The van der Waals surface area contributed by atoms with Gasteiger partial charge in [-0.1, -0.05) is 13.0 Å². The molecule has 2 heterocycles. The van der Waals surface area contributed by atoms with E-state index in [1.54, 1.807) is 11.3 Å². The largest absolute Gasteiger partial charge is 0.348 e. The zero-order valence-electron chi connectivity index (χ0n) is 10.5. The van der Waals surface area contributed by atoms with Crippen molar-refractivity contribution in [1.29, 1.82) is 0 Å². The van der Waals surface area contributed by atoms with E-state index in [1.807, 2.05) is 18.4 Å². The van der Waals surface area contributed by atoms with Gasteiger partial charge in [0.25, 0.3) is 0 Å². The van der Waals surface area contributed by atoms with Crippen molar-refractivity contribution in [2.75, 3.05) is 13.1 Å². The summed E-state index contributed by atoms with van der Waals surface area (Å²) in [5.74, 6) is 0.194. The van der Waals surface area contributed by atoms with Crippen LogP contribution in [0.25, 0.3) is 0 Å². The van der Waals surface area contributed by atoms with Gasteiger partial charge in [0.05, 0.1) is 6.04 Å². The topological polar surface area (TPSA) is 41.1 Å². The van der Waals surface area contributed by atoms with Gasteiger partial charge in [-0.15, -0.1) is 11.3 Å². The van der Waals surface area contributed by atoms with Crippen LogP contribution in [0.2, 0.25) is 0 Å². The molecule has 1 aliphatic heterocycles. The van der Waals surface area contributed by atoms with Crippen molar-refractivity contribution < 1.29 is 4.79 Å². The van der Waals surface area contributed by atoms with E-state index in [4.69, 9.17) is 0 Å². The maximum atomic E-state index is 12.3. The molecule has 0 aromatic carbocycles. The summed E-state index contributed by atoms with van der Waals surface area (Å²) < 4.78 is 0. The van der Waals surface area contributed by atoms with Crippen molar-refractivity contribution in [3.05, 3.63) is 22.4 Å². The second-order valence-electron chi connectivity index (χ2n) is 5.02. The van der Waals surface area contributed by atoms with Gasteiger partial charge < -0.3 is 10.6 Å². The van der Waals surface area contributed by atoms with Gasteiger partial charge in [-0.3, -0.25) is 4.79 Å². The molecule has 1 saturated heterocycles. The second-order valence-corrected chi connectivity index (χ2v) is 6.00. The summed E-state index contributed by atoms with van der Waals surface area (Å²) in [6.07, 6.45) is 1.85. The summed E-state index contributed by atoms with van der Waals surface area (Å²) in [6, 6.07) is 4.21. The number of piperidine rings is 1. The maximum absolute atomic E-state index is 12.3. The lowest BCUT2D eigenvalue weighted by atomic mass is 9.80. The molecule has 0 radical (unpaired) electrons. The van der Waals surface area contributed by atoms with Crippen LogP contribution in [0.4, 0.5) is 0 Å². The zero-order valence-corrected chi connectivity index (χ0v) is 11.3. The van der Waals surface area contributed by atoms with E-state index in [1.165, 1.54) is 4.88 Å². The van der Waals surface area contributed by atoms with Gasteiger partial charge in [-0.25, -0.2) is 0 Å². The van der Waals surface area contributed by atoms with Crippen LogP contribution in [-0.2, 0) is 4.79 Å². The molecule has 1 fully saturated rings. The average molecular weight is 252 g/mol. The number of hydrogen-bond donors (Lipinski definition) is 2. The van der Waals surface area contributed by atoms with E-state index in [-0.39, 0.29) is 17.4 Å². The Labute approximate surface area is 107 Å². The Kier molecular flexibility index (Phi) is 3.84. The van der Waals surface area contributed by atoms with Crippen molar-refractivity contribution in [2.45, 2.75) is 32.7 Å². The van der Waals surface area contributed by atoms with Gasteiger partial charge in [0.15, 0.2) is 0 Å². The molecule has 0 saturated carbocycles. The third-order valence-electron chi connectivity index (χ3n) is 3.57. The van der Waals surface area contributed by atoms with Gasteiger partial charge >= 0.3 is 0 Å². The molecule has 1 amide bonds. The van der Waals surface area contributed by atoms with Gasteiger partial charge in [0, 0.05) is 10.3 Å². The predicted molar refractivity (Wildman–Crippen MR) is 71.1 cm³/mol.